The lowest BCUT2D eigenvalue weighted by Gasteiger charge is -2.17. The SMILES string of the molecule is O=C(O)CNC(=O)CC[C@H](NC(=O)OCc1ccccc1)C(=O)NCC(=O)O. The highest BCUT2D eigenvalue weighted by Gasteiger charge is 2.23. The highest BCUT2D eigenvalue weighted by molar-refractivity contribution is 5.88. The number of carbonyl (C=O) groups excluding carboxylic acids is 3. The summed E-state index contributed by atoms with van der Waals surface area (Å²) in [6.07, 6.45) is -1.38. The van der Waals surface area contributed by atoms with Crippen molar-refractivity contribution in [3.63, 3.8) is 0 Å². The number of benzene rings is 1. The van der Waals surface area contributed by atoms with Crippen molar-refractivity contribution in [2.75, 3.05) is 13.1 Å². The summed E-state index contributed by atoms with van der Waals surface area (Å²) in [6, 6.07) is 7.54. The fourth-order valence-electron chi connectivity index (χ4n) is 2.00. The number of carboxylic acid groups (broad SMARTS) is 2. The number of ether oxygens (including phenoxy) is 1. The monoisotopic (exact) mass is 395 g/mol. The zero-order valence-electron chi connectivity index (χ0n) is 14.8. The van der Waals surface area contributed by atoms with Crippen LogP contribution in [0.4, 0.5) is 4.79 Å². The van der Waals surface area contributed by atoms with Gasteiger partial charge in [0.05, 0.1) is 0 Å². The summed E-state index contributed by atoms with van der Waals surface area (Å²) < 4.78 is 5.00. The minimum absolute atomic E-state index is 0.0464. The van der Waals surface area contributed by atoms with Gasteiger partial charge in [0.15, 0.2) is 0 Å². The van der Waals surface area contributed by atoms with Gasteiger partial charge in [0, 0.05) is 6.42 Å². The summed E-state index contributed by atoms with van der Waals surface area (Å²) in [6.45, 7) is -1.29. The van der Waals surface area contributed by atoms with Crippen molar-refractivity contribution in [1.82, 2.24) is 16.0 Å². The molecule has 0 aromatic heterocycles. The molecule has 0 unspecified atom stereocenters. The van der Waals surface area contributed by atoms with Crippen molar-refractivity contribution in [2.45, 2.75) is 25.5 Å². The van der Waals surface area contributed by atoms with Crippen LogP contribution in [0, 0.1) is 0 Å². The van der Waals surface area contributed by atoms with Crippen molar-refractivity contribution in [1.29, 1.82) is 0 Å². The van der Waals surface area contributed by atoms with Crippen LogP contribution >= 0.6 is 0 Å². The minimum Gasteiger partial charge on any atom is -0.480 e. The van der Waals surface area contributed by atoms with Crippen molar-refractivity contribution < 1.29 is 38.9 Å². The van der Waals surface area contributed by atoms with Gasteiger partial charge in [0.2, 0.25) is 11.8 Å². The zero-order valence-corrected chi connectivity index (χ0v) is 14.8. The molecule has 0 saturated heterocycles. The predicted octanol–water partition coefficient (Wildman–Crippen LogP) is -0.537. The third-order valence-corrected chi connectivity index (χ3v) is 3.33. The fraction of sp³-hybridized carbons (Fsp3) is 0.353. The van der Waals surface area contributed by atoms with Crippen LogP contribution < -0.4 is 16.0 Å². The maximum Gasteiger partial charge on any atom is 0.408 e. The van der Waals surface area contributed by atoms with E-state index in [1.165, 1.54) is 0 Å². The second kappa shape index (κ2) is 11.9. The van der Waals surface area contributed by atoms with Crippen LogP contribution in [-0.4, -0.2) is 59.2 Å². The third-order valence-electron chi connectivity index (χ3n) is 3.33. The Morgan fingerprint density at radius 1 is 0.929 bits per heavy atom. The molecule has 0 spiro atoms. The molecule has 1 aromatic rings. The van der Waals surface area contributed by atoms with Gasteiger partial charge in [-0.3, -0.25) is 19.2 Å². The Bertz CT molecular complexity index is 708. The highest BCUT2D eigenvalue weighted by atomic mass is 16.5. The van der Waals surface area contributed by atoms with Gasteiger partial charge in [-0.05, 0) is 12.0 Å². The molecule has 0 fully saturated rings. The number of nitrogens with one attached hydrogen (secondary N) is 3. The van der Waals surface area contributed by atoms with Crippen LogP contribution in [0.15, 0.2) is 30.3 Å². The zero-order chi connectivity index (χ0) is 20.9. The fourth-order valence-corrected chi connectivity index (χ4v) is 2.00. The molecular weight excluding hydrogens is 374 g/mol. The number of hydrogen-bond acceptors (Lipinski definition) is 6. The average Bonchev–Trinajstić information content (AvgIpc) is 2.66. The molecule has 1 atom stereocenters. The maximum absolute atomic E-state index is 12.1. The number of alkyl carbamates (subject to hydrolysis) is 1. The van der Waals surface area contributed by atoms with Crippen LogP contribution in [0.2, 0.25) is 0 Å². The van der Waals surface area contributed by atoms with Gasteiger partial charge in [-0.2, -0.15) is 0 Å². The van der Waals surface area contributed by atoms with Crippen LogP contribution in [0.25, 0.3) is 0 Å². The number of hydrogen-bond donors (Lipinski definition) is 5. The van der Waals surface area contributed by atoms with Gasteiger partial charge < -0.3 is 30.9 Å². The van der Waals surface area contributed by atoms with E-state index in [1.54, 1.807) is 30.3 Å². The van der Waals surface area contributed by atoms with Crippen molar-refractivity contribution >= 4 is 29.8 Å². The highest BCUT2D eigenvalue weighted by Crippen LogP contribution is 2.03. The molecule has 1 rings (SSSR count). The van der Waals surface area contributed by atoms with Crippen LogP contribution in [0.1, 0.15) is 18.4 Å². The Morgan fingerprint density at radius 2 is 1.54 bits per heavy atom. The van der Waals surface area contributed by atoms with Gasteiger partial charge in [0.25, 0.3) is 0 Å². The molecule has 0 saturated carbocycles. The molecule has 0 aliphatic carbocycles. The molecule has 0 aliphatic rings. The summed E-state index contributed by atoms with van der Waals surface area (Å²) in [5, 5.41) is 23.6. The van der Waals surface area contributed by atoms with Crippen molar-refractivity contribution in [3.05, 3.63) is 35.9 Å². The quantitative estimate of drug-likeness (QED) is 0.332. The summed E-state index contributed by atoms with van der Waals surface area (Å²) in [4.78, 5) is 56.6. The Morgan fingerprint density at radius 3 is 2.14 bits per heavy atom. The smallest absolute Gasteiger partial charge is 0.408 e. The summed E-state index contributed by atoms with van der Waals surface area (Å²) >= 11 is 0. The minimum atomic E-state index is -1.28. The average molecular weight is 395 g/mol. The molecule has 0 radical (unpaired) electrons. The van der Waals surface area contributed by atoms with E-state index in [9.17, 15) is 24.0 Å². The van der Waals surface area contributed by atoms with Gasteiger partial charge in [-0.1, -0.05) is 30.3 Å². The first kappa shape index (κ1) is 22.4. The normalized spacial score (nSPS) is 11.0. The van der Waals surface area contributed by atoms with Crippen LogP contribution in [-0.2, 0) is 30.5 Å². The van der Waals surface area contributed by atoms with E-state index in [-0.39, 0.29) is 19.4 Å². The number of rotatable bonds is 11. The Kier molecular flexibility index (Phi) is 9.51. The first-order chi connectivity index (χ1) is 13.3. The van der Waals surface area contributed by atoms with E-state index in [0.717, 1.165) is 5.56 Å². The first-order valence-electron chi connectivity index (χ1n) is 8.23. The summed E-state index contributed by atoms with van der Waals surface area (Å²) in [5.41, 5.74) is 0.720. The van der Waals surface area contributed by atoms with E-state index in [1.807, 2.05) is 0 Å². The van der Waals surface area contributed by atoms with E-state index in [0.29, 0.717) is 0 Å². The van der Waals surface area contributed by atoms with Crippen LogP contribution in [0.3, 0.4) is 0 Å². The molecule has 0 heterocycles. The van der Waals surface area contributed by atoms with Crippen molar-refractivity contribution in [3.8, 4) is 0 Å². The molecule has 0 bridgehead atoms. The Hall–Kier alpha value is -3.63. The number of amides is 3. The van der Waals surface area contributed by atoms with E-state index in [4.69, 9.17) is 14.9 Å². The van der Waals surface area contributed by atoms with Gasteiger partial charge in [0.1, 0.15) is 25.7 Å². The lowest BCUT2D eigenvalue weighted by atomic mass is 10.1. The lowest BCUT2D eigenvalue weighted by Crippen LogP contribution is -2.48. The van der Waals surface area contributed by atoms with Crippen molar-refractivity contribution in [2.24, 2.45) is 0 Å². The molecule has 152 valence electrons. The maximum atomic E-state index is 12.1. The molecule has 0 aliphatic heterocycles. The summed E-state index contributed by atoms with van der Waals surface area (Å²) in [5.74, 6) is -3.97. The number of carboxylic acids is 2. The molecule has 11 heteroatoms. The molecule has 5 N–H and O–H groups in total. The molecule has 11 nitrogen and oxygen atoms in total. The molecular formula is C17H21N3O8. The van der Waals surface area contributed by atoms with Gasteiger partial charge >= 0.3 is 18.0 Å². The van der Waals surface area contributed by atoms with Gasteiger partial charge in [-0.25, -0.2) is 4.79 Å². The summed E-state index contributed by atoms with van der Waals surface area (Å²) in [7, 11) is 0. The lowest BCUT2D eigenvalue weighted by molar-refractivity contribution is -0.138. The third kappa shape index (κ3) is 9.75. The van der Waals surface area contributed by atoms with Crippen LogP contribution in [0.5, 0.6) is 0 Å². The molecule has 1 aromatic carbocycles. The molecule has 3 amide bonds. The molecule has 28 heavy (non-hydrogen) atoms. The second-order valence-electron chi connectivity index (χ2n) is 5.58. The number of carbonyl (C=O) groups is 5. The van der Waals surface area contributed by atoms with Gasteiger partial charge in [-0.15, -0.1) is 0 Å². The second-order valence-corrected chi connectivity index (χ2v) is 5.58. The topological polar surface area (TPSA) is 171 Å². The first-order valence-corrected chi connectivity index (χ1v) is 8.23. The van der Waals surface area contributed by atoms with E-state index >= 15 is 0 Å². The number of aliphatic carboxylic acids is 2. The van der Waals surface area contributed by atoms with E-state index in [2.05, 4.69) is 16.0 Å². The Balaban J connectivity index is 2.59. The van der Waals surface area contributed by atoms with E-state index < -0.39 is 49.0 Å². The largest absolute Gasteiger partial charge is 0.480 e. The standard InChI is InChI=1S/C17H21N3O8/c21-13(18-8-14(22)23)7-6-12(16(26)19-9-15(24)25)20-17(27)28-10-11-4-2-1-3-5-11/h1-5,12H,6-10H2,(H,18,21)(H,19,26)(H,20,27)(H,22,23)(H,24,25)/t12-/m0/s1. The Labute approximate surface area is 160 Å². The predicted molar refractivity (Wildman–Crippen MR) is 94.1 cm³/mol.